The van der Waals surface area contributed by atoms with Crippen LogP contribution in [0.1, 0.15) is 6.92 Å². The molecule has 1 fully saturated rings. The minimum atomic E-state index is -0.353. The Hall–Kier alpha value is -0.770. The first kappa shape index (κ1) is 11.7. The second kappa shape index (κ2) is 5.04. The van der Waals surface area contributed by atoms with E-state index in [9.17, 15) is 5.11 Å². The van der Waals surface area contributed by atoms with Gasteiger partial charge in [-0.25, -0.2) is 0 Å². The van der Waals surface area contributed by atoms with E-state index in [1.54, 1.807) is 0 Å². The standard InChI is InChI=1S/C12H17ClN2O/c1-10(16)14-6-8-15(9-7-14)12-5-3-2-4-11(12)13/h2-5,10,16H,6-9H2,1H3. The number of rotatable bonds is 2. The molecule has 3 nitrogen and oxygen atoms in total. The van der Waals surface area contributed by atoms with E-state index in [2.05, 4.69) is 9.80 Å². The predicted molar refractivity (Wildman–Crippen MR) is 66.9 cm³/mol. The van der Waals surface area contributed by atoms with Crippen LogP contribution in [0, 0.1) is 0 Å². The van der Waals surface area contributed by atoms with Crippen molar-refractivity contribution < 1.29 is 5.11 Å². The van der Waals surface area contributed by atoms with Gasteiger partial charge in [0.1, 0.15) is 6.23 Å². The number of aliphatic hydroxyl groups is 1. The zero-order chi connectivity index (χ0) is 11.5. The number of halogens is 1. The Morgan fingerprint density at radius 1 is 1.19 bits per heavy atom. The van der Waals surface area contributed by atoms with Crippen LogP contribution in [0.3, 0.4) is 0 Å². The van der Waals surface area contributed by atoms with Gasteiger partial charge >= 0.3 is 0 Å². The maximum atomic E-state index is 9.47. The van der Waals surface area contributed by atoms with E-state index in [1.807, 2.05) is 31.2 Å². The molecule has 16 heavy (non-hydrogen) atoms. The van der Waals surface area contributed by atoms with Gasteiger partial charge in [-0.3, -0.25) is 4.90 Å². The minimum Gasteiger partial charge on any atom is -0.379 e. The number of hydrogen-bond acceptors (Lipinski definition) is 3. The van der Waals surface area contributed by atoms with Crippen LogP contribution in [0.4, 0.5) is 5.69 Å². The molecule has 1 heterocycles. The van der Waals surface area contributed by atoms with Crippen molar-refractivity contribution >= 4 is 17.3 Å². The van der Waals surface area contributed by atoms with Crippen LogP contribution >= 0.6 is 11.6 Å². The number of para-hydroxylation sites is 1. The van der Waals surface area contributed by atoms with Crippen LogP contribution in [-0.2, 0) is 0 Å². The van der Waals surface area contributed by atoms with Gasteiger partial charge in [0.05, 0.1) is 10.7 Å². The van der Waals surface area contributed by atoms with Crippen molar-refractivity contribution in [3.05, 3.63) is 29.3 Å². The van der Waals surface area contributed by atoms with Crippen molar-refractivity contribution in [1.82, 2.24) is 4.90 Å². The third kappa shape index (κ3) is 2.48. The summed E-state index contributed by atoms with van der Waals surface area (Å²) in [7, 11) is 0. The fourth-order valence-electron chi connectivity index (χ4n) is 2.04. The fraction of sp³-hybridized carbons (Fsp3) is 0.500. The lowest BCUT2D eigenvalue weighted by Gasteiger charge is -2.37. The van der Waals surface area contributed by atoms with Crippen LogP contribution in [-0.4, -0.2) is 42.4 Å². The average molecular weight is 241 g/mol. The molecule has 0 aromatic heterocycles. The van der Waals surface area contributed by atoms with E-state index in [0.29, 0.717) is 0 Å². The van der Waals surface area contributed by atoms with Gasteiger partial charge in [-0.1, -0.05) is 23.7 Å². The quantitative estimate of drug-likeness (QED) is 0.854. The molecule has 0 aliphatic carbocycles. The minimum absolute atomic E-state index is 0.353. The number of hydrogen-bond donors (Lipinski definition) is 1. The summed E-state index contributed by atoms with van der Waals surface area (Å²) in [4.78, 5) is 4.33. The lowest BCUT2D eigenvalue weighted by Crippen LogP contribution is -2.49. The van der Waals surface area contributed by atoms with Crippen LogP contribution in [0.5, 0.6) is 0 Å². The summed E-state index contributed by atoms with van der Waals surface area (Å²) < 4.78 is 0. The van der Waals surface area contributed by atoms with E-state index < -0.39 is 0 Å². The van der Waals surface area contributed by atoms with E-state index in [4.69, 9.17) is 11.6 Å². The Bertz CT molecular complexity index is 349. The second-order valence-electron chi connectivity index (χ2n) is 4.11. The molecular formula is C12H17ClN2O. The average Bonchev–Trinajstić information content (AvgIpc) is 2.30. The molecule has 0 bridgehead atoms. The molecule has 1 aromatic rings. The molecule has 0 spiro atoms. The number of benzene rings is 1. The number of aliphatic hydroxyl groups excluding tert-OH is 1. The number of anilines is 1. The largest absolute Gasteiger partial charge is 0.379 e. The molecule has 88 valence electrons. The van der Waals surface area contributed by atoms with Gasteiger partial charge in [-0.2, -0.15) is 0 Å². The van der Waals surface area contributed by atoms with Crippen molar-refractivity contribution in [2.24, 2.45) is 0 Å². The number of piperazine rings is 1. The van der Waals surface area contributed by atoms with Gasteiger partial charge in [0, 0.05) is 26.2 Å². The summed E-state index contributed by atoms with van der Waals surface area (Å²) in [5.74, 6) is 0. The van der Waals surface area contributed by atoms with E-state index >= 15 is 0 Å². The van der Waals surface area contributed by atoms with E-state index in [0.717, 1.165) is 36.9 Å². The smallest absolute Gasteiger partial charge is 0.104 e. The first-order valence-corrected chi connectivity index (χ1v) is 5.98. The fourth-order valence-corrected chi connectivity index (χ4v) is 2.30. The molecule has 1 saturated heterocycles. The Labute approximate surface area is 101 Å². The summed E-state index contributed by atoms with van der Waals surface area (Å²) in [5.41, 5.74) is 1.09. The van der Waals surface area contributed by atoms with Crippen molar-refractivity contribution in [2.45, 2.75) is 13.2 Å². The van der Waals surface area contributed by atoms with Crippen LogP contribution < -0.4 is 4.90 Å². The molecule has 1 aliphatic heterocycles. The van der Waals surface area contributed by atoms with Crippen molar-refractivity contribution in [3.8, 4) is 0 Å². The molecule has 4 heteroatoms. The predicted octanol–water partition coefficient (Wildman–Crippen LogP) is 1.80. The third-order valence-electron chi connectivity index (χ3n) is 3.04. The first-order valence-electron chi connectivity index (χ1n) is 5.60. The maximum absolute atomic E-state index is 9.47. The topological polar surface area (TPSA) is 26.7 Å². The van der Waals surface area contributed by atoms with Gasteiger partial charge in [-0.15, -0.1) is 0 Å². The highest BCUT2D eigenvalue weighted by Crippen LogP contribution is 2.26. The first-order chi connectivity index (χ1) is 7.68. The summed E-state index contributed by atoms with van der Waals surface area (Å²) in [6, 6.07) is 7.90. The Morgan fingerprint density at radius 3 is 2.38 bits per heavy atom. The molecule has 1 aliphatic rings. The molecule has 1 unspecified atom stereocenters. The normalized spacial score (nSPS) is 19.8. The van der Waals surface area contributed by atoms with Crippen LogP contribution in [0.2, 0.25) is 5.02 Å². The summed E-state index contributed by atoms with van der Waals surface area (Å²) >= 11 is 6.15. The second-order valence-corrected chi connectivity index (χ2v) is 4.51. The SMILES string of the molecule is CC(O)N1CCN(c2ccccc2Cl)CC1. The van der Waals surface area contributed by atoms with Crippen molar-refractivity contribution in [2.75, 3.05) is 31.1 Å². The van der Waals surface area contributed by atoms with E-state index in [-0.39, 0.29) is 6.23 Å². The van der Waals surface area contributed by atoms with E-state index in [1.165, 1.54) is 0 Å². The highest BCUT2D eigenvalue weighted by Gasteiger charge is 2.20. The molecule has 2 rings (SSSR count). The Kier molecular flexibility index (Phi) is 3.69. The zero-order valence-electron chi connectivity index (χ0n) is 9.43. The highest BCUT2D eigenvalue weighted by molar-refractivity contribution is 6.33. The van der Waals surface area contributed by atoms with Gasteiger partial charge in [0.15, 0.2) is 0 Å². The Balaban J connectivity index is 2.02. The molecule has 1 atom stereocenters. The number of nitrogens with zero attached hydrogens (tertiary/aromatic N) is 2. The van der Waals surface area contributed by atoms with Crippen molar-refractivity contribution in [1.29, 1.82) is 0 Å². The summed E-state index contributed by atoms with van der Waals surface area (Å²) in [6.45, 7) is 5.39. The zero-order valence-corrected chi connectivity index (χ0v) is 10.2. The van der Waals surface area contributed by atoms with Crippen LogP contribution in [0.15, 0.2) is 24.3 Å². The summed E-state index contributed by atoms with van der Waals surface area (Å²) in [6.07, 6.45) is -0.353. The van der Waals surface area contributed by atoms with Gasteiger partial charge in [0.2, 0.25) is 0 Å². The van der Waals surface area contributed by atoms with Crippen molar-refractivity contribution in [3.63, 3.8) is 0 Å². The third-order valence-corrected chi connectivity index (χ3v) is 3.36. The molecule has 1 aromatic carbocycles. The molecule has 0 amide bonds. The lowest BCUT2D eigenvalue weighted by molar-refractivity contribution is 0.0153. The van der Waals surface area contributed by atoms with Gasteiger partial charge < -0.3 is 10.0 Å². The summed E-state index contributed by atoms with van der Waals surface area (Å²) in [5, 5.41) is 10.3. The highest BCUT2D eigenvalue weighted by atomic mass is 35.5. The van der Waals surface area contributed by atoms with Crippen LogP contribution in [0.25, 0.3) is 0 Å². The van der Waals surface area contributed by atoms with Gasteiger partial charge in [0.25, 0.3) is 0 Å². The molecular weight excluding hydrogens is 224 g/mol. The maximum Gasteiger partial charge on any atom is 0.104 e. The monoisotopic (exact) mass is 240 g/mol. The Morgan fingerprint density at radius 2 is 1.81 bits per heavy atom. The molecule has 1 N–H and O–H groups in total. The lowest BCUT2D eigenvalue weighted by atomic mass is 10.2. The van der Waals surface area contributed by atoms with Gasteiger partial charge in [-0.05, 0) is 19.1 Å². The molecule has 0 radical (unpaired) electrons. The molecule has 0 saturated carbocycles.